The second-order valence-corrected chi connectivity index (χ2v) is 4.42. The van der Waals surface area contributed by atoms with Gasteiger partial charge >= 0.3 is 6.09 Å². The topological polar surface area (TPSA) is 73.6 Å². The number of carbonyl (C=O) groups excluding carboxylic acids is 1. The molecule has 0 bridgehead atoms. The summed E-state index contributed by atoms with van der Waals surface area (Å²) in [6, 6.07) is 0. The molecule has 1 aliphatic heterocycles. The quantitative estimate of drug-likeness (QED) is 0.723. The van der Waals surface area contributed by atoms with Crippen molar-refractivity contribution in [2.45, 2.75) is 38.4 Å². The lowest BCUT2D eigenvalue weighted by Crippen LogP contribution is -2.40. The number of primary amides is 1. The Hall–Kier alpha value is -0.810. The zero-order valence-electron chi connectivity index (χ0n) is 9.41. The highest BCUT2D eigenvalue weighted by Crippen LogP contribution is 2.19. The minimum Gasteiger partial charge on any atom is -0.444 e. The number of carbonyl (C=O) groups is 1. The van der Waals surface area contributed by atoms with Gasteiger partial charge in [0.2, 0.25) is 0 Å². The second-order valence-electron chi connectivity index (χ2n) is 4.42. The Bertz CT molecular complexity index is 213. The van der Waals surface area contributed by atoms with Gasteiger partial charge < -0.3 is 20.5 Å². The molecule has 1 atom stereocenters. The molecule has 1 amide bonds. The predicted octanol–water partition coefficient (Wildman–Crippen LogP) is 0.629. The largest absolute Gasteiger partial charge is 0.444 e. The van der Waals surface area contributed by atoms with Crippen LogP contribution >= 0.6 is 0 Å². The Morgan fingerprint density at radius 3 is 2.93 bits per heavy atom. The average Bonchev–Trinajstić information content (AvgIpc) is 2.15. The molecule has 0 radical (unpaired) electrons. The van der Waals surface area contributed by atoms with E-state index in [0.717, 1.165) is 32.5 Å². The molecule has 1 fully saturated rings. The summed E-state index contributed by atoms with van der Waals surface area (Å²) in [7, 11) is 0. The molecule has 5 nitrogen and oxygen atoms in total. The van der Waals surface area contributed by atoms with Crippen LogP contribution in [0.4, 0.5) is 4.79 Å². The molecule has 1 aliphatic rings. The maximum absolute atomic E-state index is 10.6. The normalized spacial score (nSPS) is 22.4. The highest BCUT2D eigenvalue weighted by atomic mass is 16.6. The fraction of sp³-hybridized carbons (Fsp3) is 0.900. The maximum atomic E-state index is 10.6. The molecule has 0 aromatic carbocycles. The Labute approximate surface area is 90.3 Å². The van der Waals surface area contributed by atoms with Crippen LogP contribution in [0.3, 0.4) is 0 Å². The molecule has 0 saturated carbocycles. The van der Waals surface area contributed by atoms with Crippen LogP contribution < -0.4 is 11.1 Å². The van der Waals surface area contributed by atoms with Crippen LogP contribution in [0.15, 0.2) is 0 Å². The number of nitrogens with one attached hydrogen (secondary N) is 1. The van der Waals surface area contributed by atoms with Gasteiger partial charge in [-0.2, -0.15) is 0 Å². The summed E-state index contributed by atoms with van der Waals surface area (Å²) in [6.45, 7) is 6.24. The third kappa shape index (κ3) is 4.99. The van der Waals surface area contributed by atoms with E-state index in [4.69, 9.17) is 15.2 Å². The summed E-state index contributed by atoms with van der Waals surface area (Å²) in [5.41, 5.74) is 4.48. The van der Waals surface area contributed by atoms with E-state index in [-0.39, 0.29) is 6.10 Å². The Kier molecular flexibility index (Phi) is 4.35. The first-order chi connectivity index (χ1) is 6.99. The lowest BCUT2D eigenvalue weighted by Gasteiger charge is -2.28. The number of nitrogens with two attached hydrogens (primary N) is 1. The van der Waals surface area contributed by atoms with Gasteiger partial charge in [0.15, 0.2) is 0 Å². The van der Waals surface area contributed by atoms with Crippen molar-refractivity contribution in [3.05, 3.63) is 0 Å². The highest BCUT2D eigenvalue weighted by Gasteiger charge is 2.24. The molecule has 1 unspecified atom stereocenters. The molecule has 88 valence electrons. The number of amides is 1. The van der Waals surface area contributed by atoms with Crippen LogP contribution in [-0.4, -0.2) is 37.5 Å². The smallest absolute Gasteiger partial charge is 0.405 e. The van der Waals surface area contributed by atoms with Gasteiger partial charge in [-0.05, 0) is 26.7 Å². The van der Waals surface area contributed by atoms with Gasteiger partial charge in [0.1, 0.15) is 5.60 Å². The second kappa shape index (κ2) is 5.32. The standard InChI is InChI=1S/C10H20N2O3/c1-10(2,15-9(11)13)4-3-8-7-12-5-6-14-8/h8,12H,3-7H2,1-2H3,(H2,11,13). The van der Waals surface area contributed by atoms with Gasteiger partial charge in [-0.3, -0.25) is 0 Å². The van der Waals surface area contributed by atoms with Crippen LogP contribution in [0.5, 0.6) is 0 Å². The fourth-order valence-electron chi connectivity index (χ4n) is 1.64. The third-order valence-electron chi connectivity index (χ3n) is 2.45. The van der Waals surface area contributed by atoms with E-state index in [1.165, 1.54) is 0 Å². The van der Waals surface area contributed by atoms with E-state index in [1.807, 2.05) is 13.8 Å². The number of hydrogen-bond donors (Lipinski definition) is 2. The number of hydrogen-bond acceptors (Lipinski definition) is 4. The molecule has 1 heterocycles. The van der Waals surface area contributed by atoms with Crippen molar-refractivity contribution in [2.24, 2.45) is 5.73 Å². The lowest BCUT2D eigenvalue weighted by molar-refractivity contribution is -0.00686. The van der Waals surface area contributed by atoms with Gasteiger partial charge in [-0.25, -0.2) is 4.79 Å². The van der Waals surface area contributed by atoms with Crippen LogP contribution in [0.2, 0.25) is 0 Å². The van der Waals surface area contributed by atoms with E-state index in [0.29, 0.717) is 0 Å². The van der Waals surface area contributed by atoms with Crippen molar-refractivity contribution in [3.8, 4) is 0 Å². The van der Waals surface area contributed by atoms with Crippen molar-refractivity contribution >= 4 is 6.09 Å². The zero-order valence-corrected chi connectivity index (χ0v) is 9.41. The van der Waals surface area contributed by atoms with Crippen LogP contribution in [0, 0.1) is 0 Å². The van der Waals surface area contributed by atoms with Gasteiger partial charge in [0, 0.05) is 13.1 Å². The van der Waals surface area contributed by atoms with Crippen LogP contribution in [-0.2, 0) is 9.47 Å². The molecule has 0 spiro atoms. The Balaban J connectivity index is 2.24. The van der Waals surface area contributed by atoms with E-state index in [2.05, 4.69) is 5.32 Å². The first kappa shape index (κ1) is 12.3. The van der Waals surface area contributed by atoms with Crippen molar-refractivity contribution in [1.82, 2.24) is 5.32 Å². The van der Waals surface area contributed by atoms with Gasteiger partial charge in [0.25, 0.3) is 0 Å². The van der Waals surface area contributed by atoms with Gasteiger partial charge in [0.05, 0.1) is 12.7 Å². The zero-order chi connectivity index (χ0) is 11.3. The predicted molar refractivity (Wildman–Crippen MR) is 56.6 cm³/mol. The first-order valence-corrected chi connectivity index (χ1v) is 5.30. The molecule has 5 heteroatoms. The maximum Gasteiger partial charge on any atom is 0.405 e. The minimum atomic E-state index is -0.720. The molecule has 0 aromatic rings. The summed E-state index contributed by atoms with van der Waals surface area (Å²) < 4.78 is 10.5. The molecule has 3 N–H and O–H groups in total. The number of rotatable bonds is 4. The molecular weight excluding hydrogens is 196 g/mol. The summed E-state index contributed by atoms with van der Waals surface area (Å²) in [5.74, 6) is 0. The van der Waals surface area contributed by atoms with Crippen molar-refractivity contribution in [3.63, 3.8) is 0 Å². The Morgan fingerprint density at radius 1 is 1.67 bits per heavy atom. The van der Waals surface area contributed by atoms with Crippen LogP contribution in [0.25, 0.3) is 0 Å². The fourth-order valence-corrected chi connectivity index (χ4v) is 1.64. The number of morpholine rings is 1. The summed E-state index contributed by atoms with van der Waals surface area (Å²) in [6.07, 6.45) is 1.12. The molecule has 15 heavy (non-hydrogen) atoms. The minimum absolute atomic E-state index is 0.217. The molecule has 1 saturated heterocycles. The summed E-state index contributed by atoms with van der Waals surface area (Å²) in [5, 5.41) is 3.25. The monoisotopic (exact) mass is 216 g/mol. The van der Waals surface area contributed by atoms with E-state index in [9.17, 15) is 4.79 Å². The molecule has 0 aliphatic carbocycles. The van der Waals surface area contributed by atoms with Crippen LogP contribution in [0.1, 0.15) is 26.7 Å². The van der Waals surface area contributed by atoms with Gasteiger partial charge in [-0.1, -0.05) is 0 Å². The van der Waals surface area contributed by atoms with E-state index >= 15 is 0 Å². The van der Waals surface area contributed by atoms with E-state index in [1.54, 1.807) is 0 Å². The summed E-state index contributed by atoms with van der Waals surface area (Å²) >= 11 is 0. The molecule has 1 rings (SSSR count). The highest BCUT2D eigenvalue weighted by molar-refractivity contribution is 5.65. The van der Waals surface area contributed by atoms with Crippen molar-refractivity contribution < 1.29 is 14.3 Å². The Morgan fingerprint density at radius 2 is 2.40 bits per heavy atom. The summed E-state index contributed by atoms with van der Waals surface area (Å²) in [4.78, 5) is 10.6. The van der Waals surface area contributed by atoms with Crippen molar-refractivity contribution in [2.75, 3.05) is 19.7 Å². The molecular formula is C10H20N2O3. The lowest BCUT2D eigenvalue weighted by atomic mass is 9.99. The third-order valence-corrected chi connectivity index (χ3v) is 2.45. The SMILES string of the molecule is CC(C)(CCC1CNCCO1)OC(N)=O. The average molecular weight is 216 g/mol. The first-order valence-electron chi connectivity index (χ1n) is 5.30. The van der Waals surface area contributed by atoms with Gasteiger partial charge in [-0.15, -0.1) is 0 Å². The number of ether oxygens (including phenoxy) is 2. The van der Waals surface area contributed by atoms with Crippen molar-refractivity contribution in [1.29, 1.82) is 0 Å². The molecule has 0 aromatic heterocycles. The van der Waals surface area contributed by atoms with E-state index < -0.39 is 11.7 Å².